The van der Waals surface area contributed by atoms with Gasteiger partial charge in [0.15, 0.2) is 0 Å². The van der Waals surface area contributed by atoms with Crippen LogP contribution in [0.4, 0.5) is 10.1 Å². The van der Waals surface area contributed by atoms with Gasteiger partial charge in [-0.25, -0.2) is 4.39 Å². The number of amides is 2. The molecule has 2 heterocycles. The Labute approximate surface area is 216 Å². The number of carbonyl (C=O) groups excluding carboxylic acids is 2. The number of halogens is 2. The zero-order valence-corrected chi connectivity index (χ0v) is 20.9. The molecule has 5 nitrogen and oxygen atoms in total. The summed E-state index contributed by atoms with van der Waals surface area (Å²) in [6, 6.07) is 24.8. The number of rotatable bonds is 5. The summed E-state index contributed by atoms with van der Waals surface area (Å²) >= 11 is 3.41. The first-order valence-corrected chi connectivity index (χ1v) is 12.7. The fourth-order valence-electron chi connectivity index (χ4n) is 4.96. The summed E-state index contributed by atoms with van der Waals surface area (Å²) < 4.78 is 16.8. The van der Waals surface area contributed by atoms with E-state index < -0.39 is 6.04 Å². The van der Waals surface area contributed by atoms with Crippen molar-refractivity contribution >= 4 is 33.4 Å². The van der Waals surface area contributed by atoms with E-state index in [2.05, 4.69) is 20.5 Å². The second-order valence-electron chi connectivity index (χ2n) is 9.18. The third-order valence-electron chi connectivity index (χ3n) is 6.82. The summed E-state index contributed by atoms with van der Waals surface area (Å²) in [6.07, 6.45) is 3.74. The number of hydrogen-bond acceptors (Lipinski definition) is 2. The molecule has 0 radical (unpaired) electrons. The van der Waals surface area contributed by atoms with Gasteiger partial charge in [-0.05, 0) is 79.1 Å². The summed E-state index contributed by atoms with van der Waals surface area (Å²) in [5, 5.41) is 0. The number of benzene rings is 3. The Hall–Kier alpha value is -3.71. The van der Waals surface area contributed by atoms with Crippen LogP contribution >= 0.6 is 15.9 Å². The van der Waals surface area contributed by atoms with Crippen LogP contribution in [-0.2, 0) is 4.79 Å². The predicted molar refractivity (Wildman–Crippen MR) is 140 cm³/mol. The number of aromatic nitrogens is 1. The van der Waals surface area contributed by atoms with E-state index in [9.17, 15) is 14.0 Å². The number of nitrogens with zero attached hydrogens (tertiary/aromatic N) is 3. The number of carbonyl (C=O) groups is 2. The fourth-order valence-corrected chi connectivity index (χ4v) is 5.22. The Kier molecular flexibility index (Phi) is 5.72. The highest BCUT2D eigenvalue weighted by Gasteiger charge is 2.40. The standard InChI is InChI=1S/C29H23BrFN3O2/c30-21-11-7-20(8-12-21)29(36)33(23-15-16-23)18-27(35)34-25-5-2-1-4-24(25)32-17-3-6-26(32)28(34)19-9-13-22(31)14-10-19/h1-14,17,23,28H,15-16,18H2. The Morgan fingerprint density at radius 3 is 2.28 bits per heavy atom. The minimum Gasteiger partial charge on any atom is -0.326 e. The van der Waals surface area contributed by atoms with Crippen molar-refractivity contribution in [3.8, 4) is 5.69 Å². The van der Waals surface area contributed by atoms with Gasteiger partial charge in [0, 0.05) is 22.3 Å². The highest BCUT2D eigenvalue weighted by atomic mass is 79.9. The number of fused-ring (bicyclic) bond motifs is 3. The first-order valence-electron chi connectivity index (χ1n) is 11.9. The summed E-state index contributed by atoms with van der Waals surface area (Å²) in [5.41, 5.74) is 3.91. The van der Waals surface area contributed by atoms with Gasteiger partial charge in [0.1, 0.15) is 18.4 Å². The van der Waals surface area contributed by atoms with Crippen molar-refractivity contribution in [3.63, 3.8) is 0 Å². The molecule has 2 amide bonds. The maximum absolute atomic E-state index is 14.1. The van der Waals surface area contributed by atoms with Crippen LogP contribution in [0.2, 0.25) is 0 Å². The number of para-hydroxylation sites is 2. The van der Waals surface area contributed by atoms with Gasteiger partial charge in [-0.3, -0.25) is 14.5 Å². The van der Waals surface area contributed by atoms with Gasteiger partial charge in [0.05, 0.1) is 17.1 Å². The molecular formula is C29H23BrFN3O2. The molecule has 1 aliphatic carbocycles. The predicted octanol–water partition coefficient (Wildman–Crippen LogP) is 6.12. The summed E-state index contributed by atoms with van der Waals surface area (Å²) in [5.74, 6) is -0.657. The quantitative estimate of drug-likeness (QED) is 0.304. The molecule has 3 aromatic carbocycles. The third kappa shape index (κ3) is 4.03. The monoisotopic (exact) mass is 543 g/mol. The van der Waals surface area contributed by atoms with E-state index in [4.69, 9.17) is 0 Å². The molecule has 180 valence electrons. The molecule has 6 rings (SSSR count). The molecule has 1 atom stereocenters. The van der Waals surface area contributed by atoms with E-state index in [0.717, 1.165) is 39.9 Å². The first-order chi connectivity index (χ1) is 17.5. The van der Waals surface area contributed by atoms with Crippen molar-refractivity contribution < 1.29 is 14.0 Å². The van der Waals surface area contributed by atoms with Crippen molar-refractivity contribution in [2.75, 3.05) is 11.4 Å². The van der Waals surface area contributed by atoms with Crippen molar-refractivity contribution in [2.24, 2.45) is 0 Å². The smallest absolute Gasteiger partial charge is 0.254 e. The lowest BCUT2D eigenvalue weighted by Gasteiger charge is -2.39. The minimum atomic E-state index is -0.452. The second kappa shape index (κ2) is 9.06. The van der Waals surface area contributed by atoms with Gasteiger partial charge >= 0.3 is 0 Å². The lowest BCUT2D eigenvalue weighted by atomic mass is 9.97. The molecule has 0 bridgehead atoms. The zero-order chi connectivity index (χ0) is 24.8. The second-order valence-corrected chi connectivity index (χ2v) is 10.1. The lowest BCUT2D eigenvalue weighted by molar-refractivity contribution is -0.119. The van der Waals surface area contributed by atoms with E-state index in [0.29, 0.717) is 5.56 Å². The largest absolute Gasteiger partial charge is 0.326 e. The lowest BCUT2D eigenvalue weighted by Crippen LogP contribution is -2.47. The molecule has 2 aliphatic rings. The van der Waals surface area contributed by atoms with Crippen molar-refractivity contribution in [3.05, 3.63) is 118 Å². The fraction of sp³-hybridized carbons (Fsp3) is 0.172. The third-order valence-corrected chi connectivity index (χ3v) is 7.35. The normalized spacial score (nSPS) is 16.3. The summed E-state index contributed by atoms with van der Waals surface area (Å²) in [7, 11) is 0. The number of hydrogen-bond donors (Lipinski definition) is 0. The van der Waals surface area contributed by atoms with Crippen LogP contribution in [0.25, 0.3) is 5.69 Å². The van der Waals surface area contributed by atoms with Gasteiger partial charge in [-0.2, -0.15) is 0 Å². The van der Waals surface area contributed by atoms with Crippen LogP contribution in [0, 0.1) is 5.82 Å². The molecule has 1 aromatic heterocycles. The summed E-state index contributed by atoms with van der Waals surface area (Å²) in [4.78, 5) is 31.0. The Morgan fingerprint density at radius 2 is 1.58 bits per heavy atom. The molecule has 1 saturated carbocycles. The van der Waals surface area contributed by atoms with Crippen molar-refractivity contribution in [1.82, 2.24) is 9.47 Å². The van der Waals surface area contributed by atoms with Crippen LogP contribution in [0.15, 0.2) is 95.6 Å². The number of anilines is 1. The SMILES string of the molecule is O=C(c1ccc(Br)cc1)N(CC(=O)N1c2ccccc2-n2cccc2C1c1ccc(F)cc1)C1CC1. The maximum Gasteiger partial charge on any atom is 0.254 e. The molecule has 1 aliphatic heterocycles. The average molecular weight is 544 g/mol. The van der Waals surface area contributed by atoms with Crippen LogP contribution in [0.3, 0.4) is 0 Å². The Morgan fingerprint density at radius 1 is 0.889 bits per heavy atom. The molecule has 1 fully saturated rings. The minimum absolute atomic E-state index is 0.0354. The van der Waals surface area contributed by atoms with Gasteiger partial charge in [-0.15, -0.1) is 0 Å². The van der Waals surface area contributed by atoms with Gasteiger partial charge in [0.2, 0.25) is 5.91 Å². The molecule has 4 aromatic rings. The van der Waals surface area contributed by atoms with Crippen molar-refractivity contribution in [1.29, 1.82) is 0 Å². The van der Waals surface area contributed by atoms with Crippen LogP contribution in [0.1, 0.15) is 40.5 Å². The van der Waals surface area contributed by atoms with Gasteiger partial charge in [0.25, 0.3) is 5.91 Å². The molecule has 1 unspecified atom stereocenters. The van der Waals surface area contributed by atoms with E-state index in [1.807, 2.05) is 54.7 Å². The van der Waals surface area contributed by atoms with Crippen molar-refractivity contribution in [2.45, 2.75) is 24.9 Å². The topological polar surface area (TPSA) is 45.6 Å². The first kappa shape index (κ1) is 22.7. The molecule has 0 spiro atoms. The van der Waals surface area contributed by atoms with Gasteiger partial charge in [-0.1, -0.05) is 40.2 Å². The average Bonchev–Trinajstić information content (AvgIpc) is 3.62. The van der Waals surface area contributed by atoms with Crippen LogP contribution in [0.5, 0.6) is 0 Å². The Bertz CT molecular complexity index is 1440. The van der Waals surface area contributed by atoms with E-state index in [1.54, 1.807) is 34.1 Å². The van der Waals surface area contributed by atoms with Gasteiger partial charge < -0.3 is 9.47 Å². The van der Waals surface area contributed by atoms with E-state index >= 15 is 0 Å². The highest BCUT2D eigenvalue weighted by molar-refractivity contribution is 9.10. The molecule has 7 heteroatoms. The maximum atomic E-state index is 14.1. The molecular weight excluding hydrogens is 521 g/mol. The van der Waals surface area contributed by atoms with E-state index in [1.165, 1.54) is 12.1 Å². The zero-order valence-electron chi connectivity index (χ0n) is 19.4. The van der Waals surface area contributed by atoms with Crippen LogP contribution < -0.4 is 4.90 Å². The summed E-state index contributed by atoms with van der Waals surface area (Å²) in [6.45, 7) is -0.0354. The highest BCUT2D eigenvalue weighted by Crippen LogP contribution is 2.42. The molecule has 36 heavy (non-hydrogen) atoms. The van der Waals surface area contributed by atoms with E-state index in [-0.39, 0.29) is 30.2 Å². The molecule has 0 N–H and O–H groups in total. The van der Waals surface area contributed by atoms with Crippen LogP contribution in [-0.4, -0.2) is 33.9 Å². The molecule has 0 saturated heterocycles. The Balaban J connectivity index is 1.40.